The van der Waals surface area contributed by atoms with Gasteiger partial charge < -0.3 is 0 Å². The molecule has 0 N–H and O–H groups in total. The molecule has 1 heteroatoms. The third kappa shape index (κ3) is 0.536. The van der Waals surface area contributed by atoms with Gasteiger partial charge in [-0.1, -0.05) is 11.6 Å². The number of rotatable bonds is 0. The molecule has 0 nitrogen and oxygen atoms in total. The average molecular weight is 78.9 g/mol. The van der Waals surface area contributed by atoms with Crippen LogP contribution < -0.4 is 0 Å². The summed E-state index contributed by atoms with van der Waals surface area (Å²) in [7, 11) is 1.79. The first-order valence-electron chi connectivity index (χ1n) is 2.49. The van der Waals surface area contributed by atoms with Gasteiger partial charge in [0, 0.05) is 1.37 Å². The third-order valence-corrected chi connectivity index (χ3v) is 0.753. The van der Waals surface area contributed by atoms with Crippen LogP contribution in [0, 0.1) is 0 Å². The SMILES string of the molecule is [3H]C1=CC(C)=C[B]1. The molecule has 6 heavy (non-hydrogen) atoms. The molecule has 1 heterocycles. The van der Waals surface area contributed by atoms with Gasteiger partial charge in [-0.15, -0.1) is 11.9 Å². The van der Waals surface area contributed by atoms with Gasteiger partial charge in [-0.2, -0.15) is 0 Å². The Labute approximate surface area is 40.2 Å². The Balaban J connectivity index is 2.69. The number of allylic oxidation sites excluding steroid dienone is 2. The summed E-state index contributed by atoms with van der Waals surface area (Å²) < 4.78 is 7.02. The summed E-state index contributed by atoms with van der Waals surface area (Å²) in [5.74, 6) is 2.54. The van der Waals surface area contributed by atoms with Crippen LogP contribution in [0.15, 0.2) is 23.6 Å². The highest BCUT2D eigenvalue weighted by molar-refractivity contribution is 6.49. The maximum absolute atomic E-state index is 7.02. The first-order valence-corrected chi connectivity index (χ1v) is 1.99. The Morgan fingerprint density at radius 2 is 2.83 bits per heavy atom. The molecule has 0 aromatic heterocycles. The molecule has 0 aromatic carbocycles. The standard InChI is InChI=1S/C5H6B/c1-5-2-3-6-4-5/h2-4H,1H3/i3T. The Morgan fingerprint density at radius 3 is 3.00 bits per heavy atom. The van der Waals surface area contributed by atoms with Gasteiger partial charge in [-0.05, 0) is 6.92 Å². The van der Waals surface area contributed by atoms with Gasteiger partial charge >= 0.3 is 0 Å². The molecule has 0 saturated heterocycles. The third-order valence-electron chi connectivity index (χ3n) is 0.753. The van der Waals surface area contributed by atoms with Gasteiger partial charge in [0.25, 0.3) is 0 Å². The lowest BCUT2D eigenvalue weighted by Gasteiger charge is -1.73. The minimum atomic E-state index is 0.609. The van der Waals surface area contributed by atoms with Crippen LogP contribution in [0.25, 0.3) is 0 Å². The van der Waals surface area contributed by atoms with E-state index in [0.717, 1.165) is 0 Å². The van der Waals surface area contributed by atoms with Gasteiger partial charge in [0.1, 0.15) is 0 Å². The van der Waals surface area contributed by atoms with Crippen molar-refractivity contribution in [3.8, 4) is 0 Å². The Bertz CT molecular complexity index is 135. The Morgan fingerprint density at radius 1 is 2.00 bits per heavy atom. The van der Waals surface area contributed by atoms with E-state index in [9.17, 15) is 0 Å². The van der Waals surface area contributed by atoms with Crippen molar-refractivity contribution < 1.29 is 1.37 Å². The molecule has 0 spiro atoms. The first kappa shape index (κ1) is 2.67. The fourth-order valence-electron chi connectivity index (χ4n) is 0.407. The van der Waals surface area contributed by atoms with E-state index in [-0.39, 0.29) is 0 Å². The van der Waals surface area contributed by atoms with Gasteiger partial charge in [0.05, 0.1) is 0 Å². The normalized spacial score (nSPS) is 21.2. The Hall–Kier alpha value is -0.455. The lowest BCUT2D eigenvalue weighted by atomic mass is 9.82. The molecule has 0 unspecified atom stereocenters. The molecule has 29 valence electrons. The van der Waals surface area contributed by atoms with E-state index < -0.39 is 0 Å². The molecule has 0 amide bonds. The molecule has 1 aliphatic heterocycles. The summed E-state index contributed by atoms with van der Waals surface area (Å²) in [5.41, 5.74) is 1.17. The molecule has 0 aromatic rings. The fraction of sp³-hybridized carbons (Fsp3) is 0.200. The van der Waals surface area contributed by atoms with Gasteiger partial charge in [0.15, 0.2) is 7.28 Å². The van der Waals surface area contributed by atoms with Crippen LogP contribution in [-0.2, 0) is 0 Å². The quantitative estimate of drug-likeness (QED) is 0.381. The summed E-state index contributed by atoms with van der Waals surface area (Å²) in [6, 6.07) is 0. The van der Waals surface area contributed by atoms with E-state index in [0.29, 0.717) is 5.95 Å². The second kappa shape index (κ2) is 1.33. The van der Waals surface area contributed by atoms with E-state index in [1.165, 1.54) is 5.57 Å². The van der Waals surface area contributed by atoms with E-state index in [4.69, 9.17) is 1.37 Å². The summed E-state index contributed by atoms with van der Waals surface area (Å²) in [6.07, 6.45) is 1.83. The van der Waals surface area contributed by atoms with Crippen molar-refractivity contribution >= 4 is 7.28 Å². The fourth-order valence-corrected chi connectivity index (χ4v) is 0.407. The molecular formula is C5H6B. The first-order chi connectivity index (χ1) is 3.29. The van der Waals surface area contributed by atoms with E-state index >= 15 is 0 Å². The molecule has 1 rings (SSSR count). The summed E-state index contributed by atoms with van der Waals surface area (Å²) >= 11 is 0. The molecular weight excluding hydrogens is 70.9 g/mol. The molecule has 0 saturated carbocycles. The van der Waals surface area contributed by atoms with Crippen LogP contribution in [0.4, 0.5) is 0 Å². The van der Waals surface area contributed by atoms with Gasteiger partial charge in [-0.3, -0.25) is 0 Å². The summed E-state index contributed by atoms with van der Waals surface area (Å²) in [4.78, 5) is 0. The molecule has 1 aliphatic rings. The van der Waals surface area contributed by atoms with Crippen molar-refractivity contribution in [2.24, 2.45) is 0 Å². The van der Waals surface area contributed by atoms with Crippen LogP contribution in [0.2, 0.25) is 0 Å². The smallest absolute Gasteiger partial charge is 0.117 e. The molecule has 0 bridgehead atoms. The topological polar surface area (TPSA) is 0 Å². The average Bonchev–Trinajstić information content (AvgIpc) is 1.87. The summed E-state index contributed by atoms with van der Waals surface area (Å²) in [6.45, 7) is 1.98. The highest BCUT2D eigenvalue weighted by atomic mass is 13.8. The van der Waals surface area contributed by atoms with Gasteiger partial charge in [-0.25, -0.2) is 0 Å². The zero-order chi connectivity index (χ0) is 5.28. The van der Waals surface area contributed by atoms with Crippen LogP contribution >= 0.6 is 0 Å². The maximum Gasteiger partial charge on any atom is 0.171 e. The van der Waals surface area contributed by atoms with E-state index in [1.54, 1.807) is 7.28 Å². The van der Waals surface area contributed by atoms with Crippen molar-refractivity contribution in [1.29, 1.82) is 0 Å². The highest BCUT2D eigenvalue weighted by Crippen LogP contribution is 1.98. The van der Waals surface area contributed by atoms with Gasteiger partial charge in [0.2, 0.25) is 0 Å². The maximum atomic E-state index is 7.02. The molecule has 1 radical (unpaired) electrons. The second-order valence-corrected chi connectivity index (χ2v) is 1.39. The second-order valence-electron chi connectivity index (χ2n) is 1.39. The summed E-state index contributed by atoms with van der Waals surface area (Å²) in [5, 5.41) is 0. The van der Waals surface area contributed by atoms with Crippen molar-refractivity contribution in [2.75, 3.05) is 0 Å². The zero-order valence-electron chi connectivity index (χ0n) is 4.73. The monoisotopic (exact) mass is 79.1 g/mol. The largest absolute Gasteiger partial charge is 0.171 e. The molecule has 0 atom stereocenters. The van der Waals surface area contributed by atoms with Crippen molar-refractivity contribution in [2.45, 2.75) is 6.92 Å². The van der Waals surface area contributed by atoms with Crippen LogP contribution in [0.1, 0.15) is 8.29 Å². The van der Waals surface area contributed by atoms with Crippen LogP contribution in [0.3, 0.4) is 0 Å². The van der Waals surface area contributed by atoms with Crippen molar-refractivity contribution in [3.05, 3.63) is 23.6 Å². The molecule has 0 fully saturated rings. The van der Waals surface area contributed by atoms with E-state index in [2.05, 4.69) is 0 Å². The van der Waals surface area contributed by atoms with Crippen molar-refractivity contribution in [3.63, 3.8) is 0 Å². The van der Waals surface area contributed by atoms with Crippen molar-refractivity contribution in [1.82, 2.24) is 0 Å². The highest BCUT2D eigenvalue weighted by Gasteiger charge is 1.86. The zero-order valence-corrected chi connectivity index (χ0v) is 3.73. The van der Waals surface area contributed by atoms with Crippen LogP contribution in [-0.4, -0.2) is 7.28 Å². The lowest BCUT2D eigenvalue weighted by molar-refractivity contribution is 1.58. The Kier molecular flexibility index (Phi) is 0.594. The minimum Gasteiger partial charge on any atom is -0.117 e. The predicted molar refractivity (Wildman–Crippen MR) is 28.7 cm³/mol. The lowest BCUT2D eigenvalue weighted by Crippen LogP contribution is -1.65. The number of hydrogen-bond acceptors (Lipinski definition) is 0. The van der Waals surface area contributed by atoms with Crippen LogP contribution in [0.5, 0.6) is 0 Å². The van der Waals surface area contributed by atoms with E-state index in [1.807, 2.05) is 19.0 Å². The minimum absolute atomic E-state index is 0.609. The molecule has 0 aliphatic carbocycles. The number of hydrogen-bond donors (Lipinski definition) is 0. The predicted octanol–water partition coefficient (Wildman–Crippen LogP) is 1.12.